The average Bonchev–Trinajstić information content (AvgIpc) is 2.47. The third-order valence-electron chi connectivity index (χ3n) is 2.19. The zero-order chi connectivity index (χ0) is 10.6. The van der Waals surface area contributed by atoms with Gasteiger partial charge >= 0.3 is 5.97 Å². The van der Waals surface area contributed by atoms with Crippen LogP contribution in [0.25, 0.3) is 0 Å². The number of aryl methyl sites for hydroxylation is 2. The van der Waals surface area contributed by atoms with E-state index in [9.17, 15) is 4.79 Å². The Hall–Kier alpha value is -1.32. The standard InChI is InChI=1S/C10H16N2O2/c1-3-4-5-6-8-7-9(10(13)14)12(2)11-8/h7H,3-6H2,1-2H3,(H,13,14). The molecule has 0 amide bonds. The van der Waals surface area contributed by atoms with Gasteiger partial charge in [0.25, 0.3) is 0 Å². The van der Waals surface area contributed by atoms with E-state index in [1.165, 1.54) is 17.5 Å². The minimum atomic E-state index is -0.915. The van der Waals surface area contributed by atoms with Gasteiger partial charge in [0, 0.05) is 7.05 Å². The van der Waals surface area contributed by atoms with E-state index < -0.39 is 5.97 Å². The molecule has 1 N–H and O–H groups in total. The SMILES string of the molecule is CCCCCc1cc(C(=O)O)n(C)n1. The van der Waals surface area contributed by atoms with Crippen LogP contribution in [0, 0.1) is 0 Å². The monoisotopic (exact) mass is 196 g/mol. The van der Waals surface area contributed by atoms with Crippen LogP contribution in [0.3, 0.4) is 0 Å². The maximum Gasteiger partial charge on any atom is 0.354 e. The molecule has 4 heteroatoms. The highest BCUT2D eigenvalue weighted by Gasteiger charge is 2.10. The number of hydrogen-bond acceptors (Lipinski definition) is 2. The Labute approximate surface area is 83.5 Å². The zero-order valence-electron chi connectivity index (χ0n) is 8.66. The second-order valence-electron chi connectivity index (χ2n) is 3.41. The smallest absolute Gasteiger partial charge is 0.354 e. The van der Waals surface area contributed by atoms with Crippen LogP contribution >= 0.6 is 0 Å². The second kappa shape index (κ2) is 4.79. The molecule has 14 heavy (non-hydrogen) atoms. The summed E-state index contributed by atoms with van der Waals surface area (Å²) in [6.45, 7) is 2.14. The van der Waals surface area contributed by atoms with Crippen molar-refractivity contribution >= 4 is 5.97 Å². The van der Waals surface area contributed by atoms with Gasteiger partial charge in [0.15, 0.2) is 0 Å². The average molecular weight is 196 g/mol. The van der Waals surface area contributed by atoms with Crippen LogP contribution in [0.1, 0.15) is 42.4 Å². The molecule has 1 heterocycles. The lowest BCUT2D eigenvalue weighted by molar-refractivity contribution is 0.0685. The second-order valence-corrected chi connectivity index (χ2v) is 3.41. The molecule has 1 aromatic rings. The number of hydrogen-bond donors (Lipinski definition) is 1. The van der Waals surface area contributed by atoms with Crippen molar-refractivity contribution in [3.8, 4) is 0 Å². The van der Waals surface area contributed by atoms with Crippen molar-refractivity contribution in [2.75, 3.05) is 0 Å². The number of carbonyl (C=O) groups is 1. The van der Waals surface area contributed by atoms with E-state index in [2.05, 4.69) is 12.0 Å². The highest BCUT2D eigenvalue weighted by atomic mass is 16.4. The number of carboxylic acids is 1. The summed E-state index contributed by atoms with van der Waals surface area (Å²) in [5, 5.41) is 12.9. The summed E-state index contributed by atoms with van der Waals surface area (Å²) >= 11 is 0. The van der Waals surface area contributed by atoms with Crippen molar-refractivity contribution in [1.82, 2.24) is 9.78 Å². The van der Waals surface area contributed by atoms with E-state index in [1.807, 2.05) is 0 Å². The molecule has 0 aromatic carbocycles. The number of carboxylic acid groups (broad SMARTS) is 1. The zero-order valence-corrected chi connectivity index (χ0v) is 8.66. The first kappa shape index (κ1) is 10.8. The van der Waals surface area contributed by atoms with Gasteiger partial charge in [0.2, 0.25) is 0 Å². The number of unbranched alkanes of at least 4 members (excludes halogenated alkanes) is 2. The van der Waals surface area contributed by atoms with Crippen LogP contribution in [0.5, 0.6) is 0 Å². The number of aromatic nitrogens is 2. The van der Waals surface area contributed by atoms with Crippen molar-refractivity contribution in [2.24, 2.45) is 7.05 Å². The molecule has 78 valence electrons. The van der Waals surface area contributed by atoms with Crippen molar-refractivity contribution in [3.05, 3.63) is 17.5 Å². The predicted molar refractivity (Wildman–Crippen MR) is 53.4 cm³/mol. The molecule has 0 saturated heterocycles. The quantitative estimate of drug-likeness (QED) is 0.731. The Morgan fingerprint density at radius 3 is 2.79 bits per heavy atom. The Kier molecular flexibility index (Phi) is 3.68. The van der Waals surface area contributed by atoms with Crippen molar-refractivity contribution < 1.29 is 9.90 Å². The summed E-state index contributed by atoms with van der Waals surface area (Å²) in [5.41, 5.74) is 1.13. The lowest BCUT2D eigenvalue weighted by Crippen LogP contribution is -2.04. The fourth-order valence-electron chi connectivity index (χ4n) is 1.41. The molecular weight excluding hydrogens is 180 g/mol. The fraction of sp³-hybridized carbons (Fsp3) is 0.600. The number of rotatable bonds is 5. The summed E-state index contributed by atoms with van der Waals surface area (Å²) in [6.07, 6.45) is 4.28. The minimum absolute atomic E-state index is 0.261. The van der Waals surface area contributed by atoms with Gasteiger partial charge < -0.3 is 5.11 Å². The molecule has 0 fully saturated rings. The highest BCUT2D eigenvalue weighted by Crippen LogP contribution is 2.07. The molecule has 0 aliphatic heterocycles. The normalized spacial score (nSPS) is 10.4. The van der Waals surface area contributed by atoms with Gasteiger partial charge in [0.1, 0.15) is 5.69 Å². The summed E-state index contributed by atoms with van der Waals surface area (Å²) in [4.78, 5) is 10.7. The lowest BCUT2D eigenvalue weighted by atomic mass is 10.1. The maximum absolute atomic E-state index is 10.7. The van der Waals surface area contributed by atoms with Crippen LogP contribution in [0.15, 0.2) is 6.07 Å². The van der Waals surface area contributed by atoms with Gasteiger partial charge in [-0.2, -0.15) is 5.10 Å². The first-order chi connectivity index (χ1) is 6.65. The van der Waals surface area contributed by atoms with Gasteiger partial charge in [-0.3, -0.25) is 4.68 Å². The minimum Gasteiger partial charge on any atom is -0.477 e. The fourth-order valence-corrected chi connectivity index (χ4v) is 1.41. The lowest BCUT2D eigenvalue weighted by Gasteiger charge is -1.93. The largest absolute Gasteiger partial charge is 0.477 e. The van der Waals surface area contributed by atoms with E-state index in [0.29, 0.717) is 0 Å². The third kappa shape index (κ3) is 2.58. The van der Waals surface area contributed by atoms with E-state index in [4.69, 9.17) is 5.11 Å². The summed E-state index contributed by atoms with van der Waals surface area (Å²) in [6, 6.07) is 1.65. The predicted octanol–water partition coefficient (Wildman–Crippen LogP) is 1.85. The van der Waals surface area contributed by atoms with E-state index in [0.717, 1.165) is 18.5 Å². The summed E-state index contributed by atoms with van der Waals surface area (Å²) in [5.74, 6) is -0.915. The van der Waals surface area contributed by atoms with Gasteiger partial charge in [-0.15, -0.1) is 0 Å². The molecule has 1 rings (SSSR count). The van der Waals surface area contributed by atoms with Crippen LogP contribution in [-0.2, 0) is 13.5 Å². The Morgan fingerprint density at radius 2 is 2.29 bits per heavy atom. The molecule has 0 spiro atoms. The molecule has 0 atom stereocenters. The molecule has 4 nitrogen and oxygen atoms in total. The van der Waals surface area contributed by atoms with E-state index in [1.54, 1.807) is 13.1 Å². The van der Waals surface area contributed by atoms with Crippen molar-refractivity contribution in [1.29, 1.82) is 0 Å². The summed E-state index contributed by atoms with van der Waals surface area (Å²) < 4.78 is 1.42. The first-order valence-electron chi connectivity index (χ1n) is 4.91. The van der Waals surface area contributed by atoms with Crippen LogP contribution < -0.4 is 0 Å². The van der Waals surface area contributed by atoms with E-state index in [-0.39, 0.29) is 5.69 Å². The molecular formula is C10H16N2O2. The molecule has 0 aliphatic carbocycles. The third-order valence-corrected chi connectivity index (χ3v) is 2.19. The molecule has 0 saturated carbocycles. The van der Waals surface area contributed by atoms with Crippen LogP contribution in [0.2, 0.25) is 0 Å². The molecule has 0 radical (unpaired) electrons. The highest BCUT2D eigenvalue weighted by molar-refractivity contribution is 5.85. The van der Waals surface area contributed by atoms with Gasteiger partial charge in [-0.25, -0.2) is 4.79 Å². The molecule has 0 aliphatic rings. The van der Waals surface area contributed by atoms with Crippen molar-refractivity contribution in [3.63, 3.8) is 0 Å². The first-order valence-corrected chi connectivity index (χ1v) is 4.91. The van der Waals surface area contributed by atoms with Gasteiger partial charge in [0.05, 0.1) is 5.69 Å². The van der Waals surface area contributed by atoms with Gasteiger partial charge in [-0.1, -0.05) is 19.8 Å². The van der Waals surface area contributed by atoms with E-state index >= 15 is 0 Å². The number of aromatic carboxylic acids is 1. The molecule has 0 bridgehead atoms. The summed E-state index contributed by atoms with van der Waals surface area (Å²) in [7, 11) is 1.66. The van der Waals surface area contributed by atoms with Crippen LogP contribution in [-0.4, -0.2) is 20.9 Å². The Balaban J connectivity index is 2.62. The molecule has 0 unspecified atom stereocenters. The Morgan fingerprint density at radius 1 is 1.57 bits per heavy atom. The van der Waals surface area contributed by atoms with Crippen LogP contribution in [0.4, 0.5) is 0 Å². The Bertz CT molecular complexity index is 318. The van der Waals surface area contributed by atoms with Crippen molar-refractivity contribution in [2.45, 2.75) is 32.6 Å². The van der Waals surface area contributed by atoms with Gasteiger partial charge in [-0.05, 0) is 18.9 Å². The molecule has 1 aromatic heterocycles. The maximum atomic E-state index is 10.7. The number of nitrogens with zero attached hydrogens (tertiary/aromatic N) is 2. The topological polar surface area (TPSA) is 55.1 Å².